The van der Waals surface area contributed by atoms with Crippen molar-refractivity contribution in [2.45, 2.75) is 25.4 Å². The van der Waals surface area contributed by atoms with Crippen molar-refractivity contribution in [2.24, 2.45) is 0 Å². The number of carbonyl (C=O) groups is 2. The average Bonchev–Trinajstić information content (AvgIpc) is 3.01. The SMILES string of the molecule is COc1cc2c(cc1OC)CN([C@H]1CC(=O)N(c3ccc(F)cc3)C1=O)CC2. The number of nitrogens with zero attached hydrogens (tertiary/aromatic N) is 2. The number of ether oxygens (including phenoxy) is 2. The molecule has 4 rings (SSSR count). The molecule has 2 amide bonds. The van der Waals surface area contributed by atoms with E-state index in [1.165, 1.54) is 24.3 Å². The van der Waals surface area contributed by atoms with Gasteiger partial charge in [-0.05, 0) is 53.9 Å². The second-order valence-electron chi connectivity index (χ2n) is 6.96. The van der Waals surface area contributed by atoms with Crippen molar-refractivity contribution in [2.75, 3.05) is 25.7 Å². The van der Waals surface area contributed by atoms with E-state index < -0.39 is 11.9 Å². The number of hydrogen-bond donors (Lipinski definition) is 0. The first kappa shape index (κ1) is 18.4. The summed E-state index contributed by atoms with van der Waals surface area (Å²) in [5, 5.41) is 0. The molecule has 2 aromatic carbocycles. The smallest absolute Gasteiger partial charge is 0.251 e. The van der Waals surface area contributed by atoms with Crippen molar-refractivity contribution >= 4 is 17.5 Å². The monoisotopic (exact) mass is 384 g/mol. The molecule has 0 aromatic heterocycles. The van der Waals surface area contributed by atoms with Crippen LogP contribution in [-0.2, 0) is 22.6 Å². The quantitative estimate of drug-likeness (QED) is 0.759. The van der Waals surface area contributed by atoms with Crippen molar-refractivity contribution in [3.63, 3.8) is 0 Å². The largest absolute Gasteiger partial charge is 0.493 e. The Balaban J connectivity index is 1.57. The Hall–Kier alpha value is -2.93. The molecule has 28 heavy (non-hydrogen) atoms. The molecule has 7 heteroatoms. The van der Waals surface area contributed by atoms with Gasteiger partial charge in [-0.15, -0.1) is 0 Å². The summed E-state index contributed by atoms with van der Waals surface area (Å²) in [4.78, 5) is 28.6. The molecule has 1 saturated heterocycles. The van der Waals surface area contributed by atoms with Gasteiger partial charge in [-0.1, -0.05) is 0 Å². The summed E-state index contributed by atoms with van der Waals surface area (Å²) in [6.07, 6.45) is 0.878. The van der Waals surface area contributed by atoms with Gasteiger partial charge in [0.2, 0.25) is 5.91 Å². The minimum Gasteiger partial charge on any atom is -0.493 e. The number of anilines is 1. The summed E-state index contributed by atoms with van der Waals surface area (Å²) >= 11 is 0. The van der Waals surface area contributed by atoms with Crippen LogP contribution in [0.3, 0.4) is 0 Å². The van der Waals surface area contributed by atoms with Crippen LogP contribution >= 0.6 is 0 Å². The van der Waals surface area contributed by atoms with Gasteiger partial charge >= 0.3 is 0 Å². The summed E-state index contributed by atoms with van der Waals surface area (Å²) < 4.78 is 23.9. The molecule has 146 valence electrons. The van der Waals surface area contributed by atoms with Crippen LogP contribution in [0.15, 0.2) is 36.4 Å². The zero-order valence-corrected chi connectivity index (χ0v) is 15.8. The maximum absolute atomic E-state index is 13.2. The van der Waals surface area contributed by atoms with Crippen LogP contribution in [0.2, 0.25) is 0 Å². The lowest BCUT2D eigenvalue weighted by Gasteiger charge is -2.32. The lowest BCUT2D eigenvalue weighted by molar-refractivity contribution is -0.123. The zero-order chi connectivity index (χ0) is 19.8. The van der Waals surface area contributed by atoms with E-state index in [0.717, 1.165) is 22.4 Å². The van der Waals surface area contributed by atoms with Crippen LogP contribution in [0.25, 0.3) is 0 Å². The van der Waals surface area contributed by atoms with Crippen molar-refractivity contribution in [3.8, 4) is 11.5 Å². The van der Waals surface area contributed by atoms with Gasteiger partial charge < -0.3 is 9.47 Å². The molecule has 2 heterocycles. The molecule has 2 aliphatic rings. The molecular formula is C21H21FN2O4. The first-order valence-corrected chi connectivity index (χ1v) is 9.12. The Morgan fingerprint density at radius 3 is 2.29 bits per heavy atom. The Labute approximate surface area is 162 Å². The fourth-order valence-corrected chi connectivity index (χ4v) is 3.93. The lowest BCUT2D eigenvalue weighted by atomic mass is 9.97. The predicted octanol–water partition coefficient (Wildman–Crippen LogP) is 2.53. The van der Waals surface area contributed by atoms with Crippen LogP contribution in [0.5, 0.6) is 11.5 Å². The molecule has 0 unspecified atom stereocenters. The molecule has 2 aliphatic heterocycles. The molecule has 1 atom stereocenters. The van der Waals surface area contributed by atoms with E-state index in [1.807, 2.05) is 17.0 Å². The van der Waals surface area contributed by atoms with E-state index in [2.05, 4.69) is 0 Å². The Morgan fingerprint density at radius 1 is 1.00 bits per heavy atom. The molecular weight excluding hydrogens is 363 g/mol. The molecule has 0 N–H and O–H groups in total. The number of hydrogen-bond acceptors (Lipinski definition) is 5. The summed E-state index contributed by atoms with van der Waals surface area (Å²) in [5.74, 6) is 0.394. The normalized spacial score (nSPS) is 19.7. The predicted molar refractivity (Wildman–Crippen MR) is 101 cm³/mol. The standard InChI is InChI=1S/C21H21FN2O4/c1-27-18-9-13-7-8-23(12-14(13)10-19(18)28-2)17-11-20(25)24(21(17)26)16-5-3-15(22)4-6-16/h3-6,9-10,17H,7-8,11-12H2,1-2H3/t17-/m0/s1. The number of fused-ring (bicyclic) bond motifs is 1. The fraction of sp³-hybridized carbons (Fsp3) is 0.333. The maximum atomic E-state index is 13.2. The van der Waals surface area contributed by atoms with E-state index in [9.17, 15) is 14.0 Å². The second kappa shape index (κ2) is 7.24. The van der Waals surface area contributed by atoms with Crippen LogP contribution in [-0.4, -0.2) is 43.5 Å². The van der Waals surface area contributed by atoms with Gasteiger partial charge in [0.15, 0.2) is 11.5 Å². The van der Waals surface area contributed by atoms with Crippen molar-refractivity contribution in [3.05, 3.63) is 53.3 Å². The highest BCUT2D eigenvalue weighted by Gasteiger charge is 2.43. The highest BCUT2D eigenvalue weighted by atomic mass is 19.1. The van der Waals surface area contributed by atoms with Crippen LogP contribution < -0.4 is 14.4 Å². The molecule has 0 radical (unpaired) electrons. The third-order valence-electron chi connectivity index (χ3n) is 5.40. The molecule has 1 fully saturated rings. The molecule has 0 bridgehead atoms. The first-order chi connectivity index (χ1) is 13.5. The van der Waals surface area contributed by atoms with Crippen LogP contribution in [0, 0.1) is 5.82 Å². The summed E-state index contributed by atoms with van der Waals surface area (Å²) in [6, 6.07) is 8.79. The van der Waals surface area contributed by atoms with E-state index in [1.54, 1.807) is 14.2 Å². The average molecular weight is 384 g/mol. The number of rotatable bonds is 4. The Morgan fingerprint density at radius 2 is 1.64 bits per heavy atom. The number of halogens is 1. The number of amides is 2. The minimum atomic E-state index is -0.515. The summed E-state index contributed by atoms with van der Waals surface area (Å²) in [5.41, 5.74) is 2.62. The van der Waals surface area contributed by atoms with Gasteiger partial charge in [0.05, 0.1) is 32.4 Å². The van der Waals surface area contributed by atoms with Crippen molar-refractivity contribution < 1.29 is 23.5 Å². The second-order valence-corrected chi connectivity index (χ2v) is 6.96. The highest BCUT2D eigenvalue weighted by Crippen LogP contribution is 2.35. The highest BCUT2D eigenvalue weighted by molar-refractivity contribution is 6.22. The Bertz CT molecular complexity index is 929. The number of benzene rings is 2. The molecule has 0 aliphatic carbocycles. The van der Waals surface area contributed by atoms with Crippen molar-refractivity contribution in [1.29, 1.82) is 0 Å². The maximum Gasteiger partial charge on any atom is 0.251 e. The minimum absolute atomic E-state index is 0.124. The van der Waals surface area contributed by atoms with Gasteiger partial charge in [0.25, 0.3) is 5.91 Å². The van der Waals surface area contributed by atoms with Crippen molar-refractivity contribution in [1.82, 2.24) is 4.90 Å². The topological polar surface area (TPSA) is 59.1 Å². The molecule has 0 saturated carbocycles. The molecule has 6 nitrogen and oxygen atoms in total. The molecule has 0 spiro atoms. The number of methoxy groups -OCH3 is 2. The van der Waals surface area contributed by atoms with E-state index in [4.69, 9.17) is 9.47 Å². The van der Waals surface area contributed by atoms with Gasteiger partial charge in [0, 0.05) is 13.1 Å². The zero-order valence-electron chi connectivity index (χ0n) is 15.8. The lowest BCUT2D eigenvalue weighted by Crippen LogP contribution is -2.44. The third kappa shape index (κ3) is 3.11. The Kier molecular flexibility index (Phi) is 4.77. The number of imide groups is 1. The van der Waals surface area contributed by atoms with Crippen LogP contribution in [0.1, 0.15) is 17.5 Å². The third-order valence-corrected chi connectivity index (χ3v) is 5.40. The van der Waals surface area contributed by atoms with Gasteiger partial charge in [-0.3, -0.25) is 14.5 Å². The van der Waals surface area contributed by atoms with E-state index >= 15 is 0 Å². The fourth-order valence-electron chi connectivity index (χ4n) is 3.93. The summed E-state index contributed by atoms with van der Waals surface area (Å²) in [6.45, 7) is 1.22. The van der Waals surface area contributed by atoms with Gasteiger partial charge in [-0.2, -0.15) is 0 Å². The van der Waals surface area contributed by atoms with E-state index in [-0.39, 0.29) is 18.2 Å². The van der Waals surface area contributed by atoms with E-state index in [0.29, 0.717) is 30.3 Å². The van der Waals surface area contributed by atoms with Gasteiger partial charge in [-0.25, -0.2) is 9.29 Å². The number of carbonyl (C=O) groups excluding carboxylic acids is 2. The van der Waals surface area contributed by atoms with Gasteiger partial charge in [0.1, 0.15) is 5.82 Å². The summed E-state index contributed by atoms with van der Waals surface area (Å²) in [7, 11) is 3.19. The molecule has 2 aromatic rings. The van der Waals surface area contributed by atoms with Crippen LogP contribution in [0.4, 0.5) is 10.1 Å². The first-order valence-electron chi connectivity index (χ1n) is 9.12.